The number of hydrogen-bond donors (Lipinski definition) is 2. The van der Waals surface area contributed by atoms with Crippen LogP contribution in [-0.4, -0.2) is 84.1 Å². The van der Waals surface area contributed by atoms with Crippen molar-refractivity contribution in [3.8, 4) is 0 Å². The monoisotopic (exact) mass is 324 g/mol. The number of aliphatic hydroxyl groups excluding tert-OH is 1. The van der Waals surface area contributed by atoms with Gasteiger partial charge in [0.25, 0.3) is 5.92 Å². The number of aliphatic hydroxyl groups is 1. The molecule has 2 rings (SSSR count). The van der Waals surface area contributed by atoms with Gasteiger partial charge in [0.15, 0.2) is 0 Å². The first-order valence-electron chi connectivity index (χ1n) is 6.95. The minimum atomic E-state index is -2.74. The van der Waals surface area contributed by atoms with Crippen molar-refractivity contribution in [1.29, 1.82) is 0 Å². The lowest BCUT2D eigenvalue weighted by molar-refractivity contribution is -0.115. The highest BCUT2D eigenvalue weighted by Crippen LogP contribution is 2.29. The fourth-order valence-corrected chi connectivity index (χ4v) is 3.22. The summed E-state index contributed by atoms with van der Waals surface area (Å²) in [7, 11) is 3.82. The molecule has 2 saturated heterocycles. The van der Waals surface area contributed by atoms with Gasteiger partial charge in [-0.3, -0.25) is 0 Å². The Balaban J connectivity index is 1.84. The summed E-state index contributed by atoms with van der Waals surface area (Å²) in [5, 5.41) is 9.48. The van der Waals surface area contributed by atoms with Crippen LogP contribution in [0, 0.1) is 5.92 Å². The minimum absolute atomic E-state index is 0.0361. The molecule has 2 N–H and O–H groups in total. The van der Waals surface area contributed by atoms with Crippen molar-refractivity contribution >= 4 is 18.2 Å². The van der Waals surface area contributed by atoms with E-state index < -0.39 is 19.0 Å². The highest BCUT2D eigenvalue weighted by molar-refractivity contribution is 7.95. The van der Waals surface area contributed by atoms with Crippen LogP contribution >= 0.6 is 12.1 Å². The molecule has 6 nitrogen and oxygen atoms in total. The molecule has 0 aromatic carbocycles. The molecule has 2 heterocycles. The Morgan fingerprint density at radius 3 is 2.62 bits per heavy atom. The van der Waals surface area contributed by atoms with Gasteiger partial charge >= 0.3 is 6.03 Å². The predicted molar refractivity (Wildman–Crippen MR) is 76.9 cm³/mol. The third-order valence-corrected chi connectivity index (χ3v) is 4.51. The molecule has 1 unspecified atom stereocenters. The molecule has 0 aliphatic carbocycles. The van der Waals surface area contributed by atoms with Gasteiger partial charge in [-0.25, -0.2) is 22.6 Å². The topological polar surface area (TPSA) is 59.0 Å². The Morgan fingerprint density at radius 2 is 2.10 bits per heavy atom. The second kappa shape index (κ2) is 6.64. The number of amides is 2. The Bertz CT molecular complexity index is 378. The highest BCUT2D eigenvalue weighted by atomic mass is 32.2. The molecule has 2 aliphatic rings. The summed E-state index contributed by atoms with van der Waals surface area (Å²) >= 11 is 1.45. The standard InChI is InChI=1S/C12H22F2N4O2S/c1-16(2)21-15-10-3-4-17(5-9(10)6-19)11(20)18-7-12(13,14)8-18/h9-10,15,19H,3-8H2,1-2H3/t9?,10-/m0/s1. The largest absolute Gasteiger partial charge is 0.396 e. The summed E-state index contributed by atoms with van der Waals surface area (Å²) in [6.07, 6.45) is 0.696. The average Bonchev–Trinajstić information content (AvgIpc) is 2.41. The summed E-state index contributed by atoms with van der Waals surface area (Å²) in [5.41, 5.74) is 0. The van der Waals surface area contributed by atoms with Crippen LogP contribution in [0.4, 0.5) is 13.6 Å². The van der Waals surface area contributed by atoms with E-state index in [9.17, 15) is 18.7 Å². The summed E-state index contributed by atoms with van der Waals surface area (Å²) in [6, 6.07) is -0.248. The third-order valence-electron chi connectivity index (χ3n) is 3.74. The zero-order valence-electron chi connectivity index (χ0n) is 12.3. The molecule has 122 valence electrons. The van der Waals surface area contributed by atoms with Gasteiger partial charge in [-0.05, 0) is 20.5 Å². The Hall–Kier alpha value is -0.640. The molecule has 0 spiro atoms. The van der Waals surface area contributed by atoms with Gasteiger partial charge < -0.3 is 14.9 Å². The SMILES string of the molecule is CN(C)SN[C@H]1CCN(C(=O)N2CC(F)(F)C2)CC1CO. The molecule has 0 aromatic rings. The van der Waals surface area contributed by atoms with E-state index in [-0.39, 0.29) is 24.6 Å². The second-order valence-corrected chi connectivity index (χ2v) is 6.95. The van der Waals surface area contributed by atoms with Crippen LogP contribution in [0.1, 0.15) is 6.42 Å². The van der Waals surface area contributed by atoms with Gasteiger partial charge in [0, 0.05) is 43.8 Å². The third kappa shape index (κ3) is 4.18. The zero-order chi connectivity index (χ0) is 15.6. The number of carbonyl (C=O) groups is 1. The van der Waals surface area contributed by atoms with Crippen molar-refractivity contribution in [2.24, 2.45) is 5.92 Å². The van der Waals surface area contributed by atoms with Crippen molar-refractivity contribution < 1.29 is 18.7 Å². The van der Waals surface area contributed by atoms with E-state index in [1.807, 2.05) is 18.4 Å². The van der Waals surface area contributed by atoms with Crippen LogP contribution in [0.5, 0.6) is 0 Å². The number of nitrogens with one attached hydrogen (secondary N) is 1. The molecule has 21 heavy (non-hydrogen) atoms. The van der Waals surface area contributed by atoms with Gasteiger partial charge in [-0.1, -0.05) is 0 Å². The molecule has 0 saturated carbocycles. The number of rotatable bonds is 4. The maximum absolute atomic E-state index is 12.8. The predicted octanol–water partition coefficient (Wildman–Crippen LogP) is 0.454. The molecule has 2 fully saturated rings. The van der Waals surface area contributed by atoms with E-state index in [2.05, 4.69) is 4.72 Å². The van der Waals surface area contributed by atoms with Crippen molar-refractivity contribution in [2.75, 3.05) is 46.9 Å². The number of likely N-dealkylation sites (tertiary alicyclic amines) is 2. The first-order valence-corrected chi connectivity index (χ1v) is 7.72. The number of urea groups is 1. The number of halogens is 2. The number of nitrogens with zero attached hydrogens (tertiary/aromatic N) is 3. The van der Waals surface area contributed by atoms with Gasteiger partial charge in [0.1, 0.15) is 0 Å². The summed E-state index contributed by atoms with van der Waals surface area (Å²) in [5.74, 6) is -2.83. The Kier molecular flexibility index (Phi) is 5.29. The molecule has 0 radical (unpaired) electrons. The van der Waals surface area contributed by atoms with Crippen molar-refractivity contribution in [3.63, 3.8) is 0 Å². The van der Waals surface area contributed by atoms with Gasteiger partial charge in [-0.2, -0.15) is 0 Å². The second-order valence-electron chi connectivity index (χ2n) is 5.80. The normalized spacial score (nSPS) is 28.7. The number of hydrogen-bond acceptors (Lipinski definition) is 5. The summed E-state index contributed by atoms with van der Waals surface area (Å²) < 4.78 is 30.8. The first-order chi connectivity index (χ1) is 9.82. The van der Waals surface area contributed by atoms with Crippen LogP contribution < -0.4 is 4.72 Å². The van der Waals surface area contributed by atoms with Crippen molar-refractivity contribution in [1.82, 2.24) is 18.8 Å². The number of carbonyl (C=O) groups excluding carboxylic acids is 1. The fraction of sp³-hybridized carbons (Fsp3) is 0.917. The summed E-state index contributed by atoms with van der Waals surface area (Å²) in [4.78, 5) is 14.8. The number of alkyl halides is 2. The Morgan fingerprint density at radius 1 is 1.43 bits per heavy atom. The lowest BCUT2D eigenvalue weighted by Crippen LogP contribution is -2.63. The van der Waals surface area contributed by atoms with E-state index >= 15 is 0 Å². The zero-order valence-corrected chi connectivity index (χ0v) is 13.1. The molecule has 2 aliphatic heterocycles. The maximum Gasteiger partial charge on any atom is 0.320 e. The van der Waals surface area contributed by atoms with Crippen LogP contribution in [-0.2, 0) is 0 Å². The van der Waals surface area contributed by atoms with E-state index in [4.69, 9.17) is 0 Å². The lowest BCUT2D eigenvalue weighted by Gasteiger charge is -2.44. The molecule has 0 bridgehead atoms. The average molecular weight is 324 g/mol. The van der Waals surface area contributed by atoms with Gasteiger partial charge in [-0.15, -0.1) is 0 Å². The van der Waals surface area contributed by atoms with Crippen molar-refractivity contribution in [2.45, 2.75) is 18.4 Å². The van der Waals surface area contributed by atoms with Gasteiger partial charge in [0.05, 0.1) is 13.1 Å². The lowest BCUT2D eigenvalue weighted by atomic mass is 9.94. The minimum Gasteiger partial charge on any atom is -0.396 e. The van der Waals surface area contributed by atoms with E-state index in [1.165, 1.54) is 12.1 Å². The maximum atomic E-state index is 12.8. The van der Waals surface area contributed by atoms with Crippen LogP contribution in [0.2, 0.25) is 0 Å². The van der Waals surface area contributed by atoms with Crippen LogP contribution in [0.3, 0.4) is 0 Å². The van der Waals surface area contributed by atoms with Gasteiger partial charge in [0.2, 0.25) is 0 Å². The van der Waals surface area contributed by atoms with E-state index in [0.29, 0.717) is 19.5 Å². The quantitative estimate of drug-likeness (QED) is 0.736. The fourth-order valence-electron chi connectivity index (χ4n) is 2.57. The molecule has 0 aromatic heterocycles. The molecule has 2 atom stereocenters. The smallest absolute Gasteiger partial charge is 0.320 e. The molecular formula is C12H22F2N4O2S. The molecule has 2 amide bonds. The first kappa shape index (κ1) is 16.7. The van der Waals surface area contributed by atoms with Crippen LogP contribution in [0.25, 0.3) is 0 Å². The van der Waals surface area contributed by atoms with E-state index in [1.54, 1.807) is 4.90 Å². The Labute approximate surface area is 127 Å². The van der Waals surface area contributed by atoms with Crippen molar-refractivity contribution in [3.05, 3.63) is 0 Å². The summed E-state index contributed by atoms with van der Waals surface area (Å²) in [6.45, 7) is -0.119. The van der Waals surface area contributed by atoms with E-state index in [0.717, 1.165) is 4.90 Å². The molecular weight excluding hydrogens is 302 g/mol. The molecule has 9 heteroatoms. The van der Waals surface area contributed by atoms with Crippen LogP contribution in [0.15, 0.2) is 0 Å². The number of piperidine rings is 1. The highest BCUT2D eigenvalue weighted by Gasteiger charge is 2.48.